The molecule has 1 atom stereocenters. The number of nitrogens with one attached hydrogen (secondary N) is 1. The van der Waals surface area contributed by atoms with Crippen molar-refractivity contribution in [1.29, 1.82) is 0 Å². The summed E-state index contributed by atoms with van der Waals surface area (Å²) < 4.78 is 23.0. The maximum Gasteiger partial charge on any atom is 0.269 e. The summed E-state index contributed by atoms with van der Waals surface area (Å²) in [6.07, 6.45) is 2.34. The number of hydrogen-bond acceptors (Lipinski definition) is 5. The zero-order valence-corrected chi connectivity index (χ0v) is 11.9. The van der Waals surface area contributed by atoms with E-state index in [9.17, 15) is 18.5 Å². The molecule has 1 unspecified atom stereocenters. The van der Waals surface area contributed by atoms with Crippen LogP contribution in [0.5, 0.6) is 0 Å². The summed E-state index contributed by atoms with van der Waals surface area (Å²) in [4.78, 5) is 10.1. The molecule has 0 aromatic heterocycles. The van der Waals surface area contributed by atoms with Gasteiger partial charge in [0.15, 0.2) is 9.84 Å². The first-order chi connectivity index (χ1) is 9.46. The van der Waals surface area contributed by atoms with Gasteiger partial charge >= 0.3 is 0 Å². The van der Waals surface area contributed by atoms with Crippen LogP contribution < -0.4 is 5.32 Å². The fourth-order valence-corrected chi connectivity index (χ4v) is 4.06. The van der Waals surface area contributed by atoms with Crippen LogP contribution >= 0.6 is 0 Å². The second-order valence-corrected chi connectivity index (χ2v) is 7.31. The third-order valence-corrected chi connectivity index (χ3v) is 5.28. The molecule has 1 aliphatic rings. The van der Waals surface area contributed by atoms with E-state index in [0.29, 0.717) is 12.3 Å². The van der Waals surface area contributed by atoms with E-state index in [-0.39, 0.29) is 17.5 Å². The van der Waals surface area contributed by atoms with Crippen molar-refractivity contribution in [2.45, 2.75) is 25.3 Å². The monoisotopic (exact) mass is 298 g/mol. The van der Waals surface area contributed by atoms with Crippen LogP contribution in [-0.4, -0.2) is 37.4 Å². The lowest BCUT2D eigenvalue weighted by molar-refractivity contribution is -0.384. The molecule has 7 heteroatoms. The van der Waals surface area contributed by atoms with E-state index in [1.54, 1.807) is 12.1 Å². The number of non-ortho nitro benzene ring substituents is 1. The van der Waals surface area contributed by atoms with Gasteiger partial charge < -0.3 is 5.32 Å². The van der Waals surface area contributed by atoms with E-state index in [1.807, 2.05) is 0 Å². The van der Waals surface area contributed by atoms with Gasteiger partial charge in [0.05, 0.1) is 16.4 Å². The molecular weight excluding hydrogens is 280 g/mol. The zero-order valence-electron chi connectivity index (χ0n) is 11.1. The fourth-order valence-electron chi connectivity index (χ4n) is 2.39. The molecule has 0 aliphatic carbocycles. The van der Waals surface area contributed by atoms with E-state index in [1.165, 1.54) is 12.1 Å². The predicted molar refractivity (Wildman–Crippen MR) is 76.5 cm³/mol. The summed E-state index contributed by atoms with van der Waals surface area (Å²) in [6.45, 7) is 0.679. The summed E-state index contributed by atoms with van der Waals surface area (Å²) in [5.74, 6) is 0.515. The minimum atomic E-state index is -2.88. The number of sulfone groups is 1. The fraction of sp³-hybridized carbons (Fsp3) is 0.538. The van der Waals surface area contributed by atoms with Crippen molar-refractivity contribution < 1.29 is 13.3 Å². The second-order valence-electron chi connectivity index (χ2n) is 5.08. The smallest absolute Gasteiger partial charge is 0.269 e. The van der Waals surface area contributed by atoms with Crippen LogP contribution in [0.3, 0.4) is 0 Å². The SMILES string of the molecule is O=[N+]([O-])c1ccc(CCNC2CCCS(=O)(=O)C2)cc1. The van der Waals surface area contributed by atoms with Crippen LogP contribution in [-0.2, 0) is 16.3 Å². The molecule has 1 N–H and O–H groups in total. The van der Waals surface area contributed by atoms with E-state index in [2.05, 4.69) is 5.32 Å². The van der Waals surface area contributed by atoms with Gasteiger partial charge in [0.25, 0.3) is 5.69 Å². The minimum absolute atomic E-state index is 0.0341. The average Bonchev–Trinajstić information content (AvgIpc) is 2.38. The molecule has 6 nitrogen and oxygen atoms in total. The quantitative estimate of drug-likeness (QED) is 0.654. The lowest BCUT2D eigenvalue weighted by Crippen LogP contribution is -2.40. The highest BCUT2D eigenvalue weighted by Gasteiger charge is 2.23. The van der Waals surface area contributed by atoms with Gasteiger partial charge in [-0.25, -0.2) is 8.42 Å². The standard InChI is InChI=1S/C13H18N2O4S/c16-15(17)13-5-3-11(4-6-13)7-8-14-12-2-1-9-20(18,19)10-12/h3-6,12,14H,1-2,7-10H2. The largest absolute Gasteiger partial charge is 0.313 e. The first kappa shape index (κ1) is 14.9. The van der Waals surface area contributed by atoms with Crippen LogP contribution in [0.1, 0.15) is 18.4 Å². The molecule has 0 bridgehead atoms. The third-order valence-electron chi connectivity index (χ3n) is 3.46. The summed E-state index contributed by atoms with van der Waals surface area (Å²) in [5.41, 5.74) is 1.09. The van der Waals surface area contributed by atoms with E-state index in [0.717, 1.165) is 24.8 Å². The molecule has 0 spiro atoms. The summed E-state index contributed by atoms with van der Waals surface area (Å²) in [5, 5.41) is 13.8. The van der Waals surface area contributed by atoms with E-state index < -0.39 is 14.8 Å². The molecule has 1 heterocycles. The molecule has 1 aliphatic heterocycles. The summed E-state index contributed by atoms with van der Waals surface area (Å²) in [6, 6.07) is 6.47. The van der Waals surface area contributed by atoms with Crippen molar-refractivity contribution in [3.63, 3.8) is 0 Å². The number of hydrogen-bond donors (Lipinski definition) is 1. The lowest BCUT2D eigenvalue weighted by Gasteiger charge is -2.23. The van der Waals surface area contributed by atoms with Gasteiger partial charge in [-0.2, -0.15) is 0 Å². The van der Waals surface area contributed by atoms with Gasteiger partial charge in [0.1, 0.15) is 0 Å². The van der Waals surface area contributed by atoms with Crippen molar-refractivity contribution in [3.8, 4) is 0 Å². The number of rotatable bonds is 5. The molecule has 1 aromatic rings. The highest BCUT2D eigenvalue weighted by molar-refractivity contribution is 7.91. The molecule has 2 rings (SSSR count). The van der Waals surface area contributed by atoms with Crippen LogP contribution in [0.4, 0.5) is 5.69 Å². The molecule has 0 amide bonds. The highest BCUT2D eigenvalue weighted by Crippen LogP contribution is 2.13. The van der Waals surface area contributed by atoms with E-state index in [4.69, 9.17) is 0 Å². The van der Waals surface area contributed by atoms with Gasteiger partial charge in [-0.1, -0.05) is 12.1 Å². The molecule has 110 valence electrons. The Morgan fingerprint density at radius 2 is 2.00 bits per heavy atom. The maximum absolute atomic E-state index is 11.5. The molecule has 0 saturated carbocycles. The topological polar surface area (TPSA) is 89.3 Å². The predicted octanol–water partition coefficient (Wildman–Crippen LogP) is 1.30. The third kappa shape index (κ3) is 4.28. The average molecular weight is 298 g/mol. The number of benzene rings is 1. The molecule has 1 fully saturated rings. The lowest BCUT2D eigenvalue weighted by atomic mass is 10.1. The summed E-state index contributed by atoms with van der Waals surface area (Å²) in [7, 11) is -2.88. The van der Waals surface area contributed by atoms with Gasteiger partial charge in [0.2, 0.25) is 0 Å². The highest BCUT2D eigenvalue weighted by atomic mass is 32.2. The van der Waals surface area contributed by atoms with E-state index >= 15 is 0 Å². The maximum atomic E-state index is 11.5. The Hall–Kier alpha value is -1.47. The molecular formula is C13H18N2O4S. The second kappa shape index (κ2) is 6.32. The van der Waals surface area contributed by atoms with Crippen molar-refractivity contribution in [1.82, 2.24) is 5.32 Å². The number of nitro benzene ring substituents is 1. The van der Waals surface area contributed by atoms with Crippen molar-refractivity contribution in [2.24, 2.45) is 0 Å². The van der Waals surface area contributed by atoms with Gasteiger partial charge in [-0.05, 0) is 31.4 Å². The Bertz CT molecular complexity index is 569. The Labute approximate surface area is 118 Å². The van der Waals surface area contributed by atoms with Gasteiger partial charge in [-0.3, -0.25) is 10.1 Å². The first-order valence-corrected chi connectivity index (χ1v) is 8.45. The Balaban J connectivity index is 1.79. The Kier molecular flexibility index (Phi) is 4.72. The first-order valence-electron chi connectivity index (χ1n) is 6.63. The minimum Gasteiger partial charge on any atom is -0.313 e. The molecule has 1 aromatic carbocycles. The van der Waals surface area contributed by atoms with Gasteiger partial charge in [0, 0.05) is 18.2 Å². The normalized spacial score (nSPS) is 21.5. The molecule has 0 radical (unpaired) electrons. The van der Waals surface area contributed by atoms with Crippen molar-refractivity contribution in [2.75, 3.05) is 18.1 Å². The molecule has 20 heavy (non-hydrogen) atoms. The van der Waals surface area contributed by atoms with Crippen molar-refractivity contribution in [3.05, 3.63) is 39.9 Å². The van der Waals surface area contributed by atoms with Crippen LogP contribution in [0.25, 0.3) is 0 Å². The van der Waals surface area contributed by atoms with Crippen molar-refractivity contribution >= 4 is 15.5 Å². The Morgan fingerprint density at radius 3 is 2.60 bits per heavy atom. The number of nitro groups is 1. The number of nitrogens with zero attached hydrogens (tertiary/aromatic N) is 1. The van der Waals surface area contributed by atoms with Crippen LogP contribution in [0, 0.1) is 10.1 Å². The summed E-state index contributed by atoms with van der Waals surface area (Å²) >= 11 is 0. The van der Waals surface area contributed by atoms with Crippen LogP contribution in [0.15, 0.2) is 24.3 Å². The van der Waals surface area contributed by atoms with Gasteiger partial charge in [-0.15, -0.1) is 0 Å². The van der Waals surface area contributed by atoms with Crippen LogP contribution in [0.2, 0.25) is 0 Å². The molecule has 1 saturated heterocycles. The zero-order chi connectivity index (χ0) is 14.6. The Morgan fingerprint density at radius 1 is 1.30 bits per heavy atom.